The summed E-state index contributed by atoms with van der Waals surface area (Å²) < 4.78 is 39.4. The number of hydrogen-bond donors (Lipinski definition) is 2. The Bertz CT molecular complexity index is 1410. The molecule has 0 aromatic rings. The molecule has 11 nitrogen and oxygen atoms in total. The SMILES string of the molecule is CC/C=C\C/C=C\C/C=C\CCCCCC(=O)OC(CO)COP(=O)(O)OCC(COC(=O)CCCCCCC/C=C\CCCC)OC(=O)CCCCCCCCCCC/C=C\CCCCCCCC. The van der Waals surface area contributed by atoms with Gasteiger partial charge in [0.15, 0.2) is 6.10 Å². The Morgan fingerprint density at radius 1 is 0.414 bits per heavy atom. The number of allylic oxidation sites excluding steroid dienone is 10. The second-order valence-corrected chi connectivity index (χ2v) is 20.2. The Hall–Kier alpha value is -2.82. The van der Waals surface area contributed by atoms with Crippen molar-refractivity contribution in [3.05, 3.63) is 60.8 Å². The van der Waals surface area contributed by atoms with Crippen LogP contribution in [0.2, 0.25) is 0 Å². The van der Waals surface area contributed by atoms with Crippen molar-refractivity contribution in [1.82, 2.24) is 0 Å². The number of unbranched alkanes of at least 4 members (excludes halogenated alkanes) is 25. The summed E-state index contributed by atoms with van der Waals surface area (Å²) >= 11 is 0. The summed E-state index contributed by atoms with van der Waals surface area (Å²) in [6.07, 6.45) is 56.2. The van der Waals surface area contributed by atoms with Crippen molar-refractivity contribution in [2.24, 2.45) is 0 Å². The lowest BCUT2D eigenvalue weighted by atomic mass is 10.1. The molecular formula is C58H103O11P. The van der Waals surface area contributed by atoms with Crippen LogP contribution in [0.15, 0.2) is 60.8 Å². The number of phosphoric acid groups is 1. The van der Waals surface area contributed by atoms with Gasteiger partial charge in [0, 0.05) is 19.3 Å². The molecule has 0 aromatic carbocycles. The zero-order valence-corrected chi connectivity index (χ0v) is 45.6. The van der Waals surface area contributed by atoms with Crippen molar-refractivity contribution < 1.29 is 52.2 Å². The number of carbonyl (C=O) groups is 3. The van der Waals surface area contributed by atoms with Crippen LogP contribution in [0.25, 0.3) is 0 Å². The van der Waals surface area contributed by atoms with Crippen LogP contribution < -0.4 is 0 Å². The molecule has 0 spiro atoms. The van der Waals surface area contributed by atoms with Gasteiger partial charge in [0.25, 0.3) is 0 Å². The van der Waals surface area contributed by atoms with Crippen LogP contribution in [0.3, 0.4) is 0 Å². The molecular weight excluding hydrogens is 904 g/mol. The van der Waals surface area contributed by atoms with Crippen LogP contribution in [-0.2, 0) is 42.2 Å². The van der Waals surface area contributed by atoms with E-state index < -0.39 is 57.8 Å². The van der Waals surface area contributed by atoms with Gasteiger partial charge in [0.2, 0.25) is 0 Å². The molecule has 0 saturated carbocycles. The van der Waals surface area contributed by atoms with E-state index in [1.807, 2.05) is 0 Å². The van der Waals surface area contributed by atoms with E-state index in [2.05, 4.69) is 81.5 Å². The molecule has 0 aliphatic heterocycles. The molecule has 0 heterocycles. The summed E-state index contributed by atoms with van der Waals surface area (Å²) in [4.78, 5) is 48.4. The number of aliphatic hydroxyl groups excluding tert-OH is 1. The second kappa shape index (κ2) is 52.5. The van der Waals surface area contributed by atoms with Crippen LogP contribution >= 0.6 is 7.82 Å². The number of esters is 3. The van der Waals surface area contributed by atoms with Crippen LogP contribution in [0, 0.1) is 0 Å². The first-order chi connectivity index (χ1) is 34.2. The predicted molar refractivity (Wildman–Crippen MR) is 288 cm³/mol. The van der Waals surface area contributed by atoms with E-state index in [4.69, 9.17) is 23.3 Å². The average Bonchev–Trinajstić information content (AvgIpc) is 3.35. The molecule has 0 rings (SSSR count). The molecule has 3 unspecified atom stereocenters. The minimum absolute atomic E-state index is 0.141. The van der Waals surface area contributed by atoms with Gasteiger partial charge in [0.1, 0.15) is 12.7 Å². The first kappa shape index (κ1) is 67.2. The van der Waals surface area contributed by atoms with E-state index in [1.54, 1.807) is 0 Å². The van der Waals surface area contributed by atoms with Crippen molar-refractivity contribution in [2.45, 2.75) is 264 Å². The molecule has 0 saturated heterocycles. The van der Waals surface area contributed by atoms with Gasteiger partial charge in [-0.3, -0.25) is 23.4 Å². The molecule has 406 valence electrons. The minimum Gasteiger partial charge on any atom is -0.462 e. The highest BCUT2D eigenvalue weighted by molar-refractivity contribution is 7.47. The third-order valence-electron chi connectivity index (χ3n) is 11.9. The van der Waals surface area contributed by atoms with Crippen molar-refractivity contribution in [3.63, 3.8) is 0 Å². The summed E-state index contributed by atoms with van der Waals surface area (Å²) in [6.45, 7) is 4.45. The van der Waals surface area contributed by atoms with E-state index in [9.17, 15) is 28.9 Å². The number of ether oxygens (including phenoxy) is 3. The number of aliphatic hydroxyl groups is 1. The maximum absolute atomic E-state index is 12.9. The Labute approximate surface area is 427 Å². The summed E-state index contributed by atoms with van der Waals surface area (Å²) in [5.41, 5.74) is 0. The lowest BCUT2D eigenvalue weighted by molar-refractivity contribution is -0.161. The highest BCUT2D eigenvalue weighted by atomic mass is 31.2. The van der Waals surface area contributed by atoms with E-state index in [1.165, 1.54) is 96.3 Å². The summed E-state index contributed by atoms with van der Waals surface area (Å²) in [5, 5.41) is 9.78. The predicted octanol–water partition coefficient (Wildman–Crippen LogP) is 16.4. The second-order valence-electron chi connectivity index (χ2n) is 18.7. The van der Waals surface area contributed by atoms with Crippen molar-refractivity contribution in [3.8, 4) is 0 Å². The molecule has 70 heavy (non-hydrogen) atoms. The van der Waals surface area contributed by atoms with Crippen LogP contribution in [0.4, 0.5) is 0 Å². The van der Waals surface area contributed by atoms with Crippen LogP contribution in [-0.4, -0.2) is 66.5 Å². The van der Waals surface area contributed by atoms with Gasteiger partial charge < -0.3 is 24.2 Å². The number of rotatable bonds is 52. The molecule has 0 bridgehead atoms. The Kier molecular flexibility index (Phi) is 50.4. The van der Waals surface area contributed by atoms with Crippen molar-refractivity contribution >= 4 is 25.7 Å². The van der Waals surface area contributed by atoms with Crippen molar-refractivity contribution in [1.29, 1.82) is 0 Å². The summed E-state index contributed by atoms with van der Waals surface area (Å²) in [7, 11) is -4.75. The largest absolute Gasteiger partial charge is 0.472 e. The van der Waals surface area contributed by atoms with Crippen LogP contribution in [0.1, 0.15) is 252 Å². The van der Waals surface area contributed by atoms with Gasteiger partial charge in [-0.15, -0.1) is 0 Å². The molecule has 0 aliphatic rings. The minimum atomic E-state index is -4.75. The standard InChI is InChI=1S/C58H103O11P/c1-4-7-10-13-16-19-22-24-25-26-27-28-29-31-34-37-40-43-46-49-58(62)69-55(51-65-56(60)47-44-41-38-35-32-21-18-15-12-9-6-3)53-67-70(63,64)66-52-54(50-59)68-57(61)48-45-42-39-36-33-30-23-20-17-14-11-8-5-2/h8,11,15,17-18,20,24-25,30,33,54-55,59H,4-7,9-10,12-14,16,19,21-23,26-29,31-32,34-53H2,1-3H3,(H,63,64)/b11-8-,18-15-,20-17-,25-24-,33-30-. The van der Waals surface area contributed by atoms with Gasteiger partial charge in [-0.2, -0.15) is 0 Å². The van der Waals surface area contributed by atoms with E-state index in [-0.39, 0.29) is 25.9 Å². The number of carbonyl (C=O) groups excluding carboxylic acids is 3. The van der Waals surface area contributed by atoms with Gasteiger partial charge in [0.05, 0.1) is 19.8 Å². The summed E-state index contributed by atoms with van der Waals surface area (Å²) in [5.74, 6) is -1.50. The molecule has 0 amide bonds. The molecule has 0 radical (unpaired) electrons. The lowest BCUT2D eigenvalue weighted by Gasteiger charge is -2.21. The molecule has 12 heteroatoms. The zero-order chi connectivity index (χ0) is 51.3. The normalized spacial score (nSPS) is 13.8. The molecule has 2 N–H and O–H groups in total. The highest BCUT2D eigenvalue weighted by Gasteiger charge is 2.28. The van der Waals surface area contributed by atoms with Crippen molar-refractivity contribution in [2.75, 3.05) is 26.4 Å². The number of hydrogen-bond acceptors (Lipinski definition) is 10. The topological polar surface area (TPSA) is 155 Å². The van der Waals surface area contributed by atoms with Crippen LogP contribution in [0.5, 0.6) is 0 Å². The fraction of sp³-hybridized carbons (Fsp3) is 0.776. The molecule has 3 atom stereocenters. The average molecular weight is 1010 g/mol. The lowest BCUT2D eigenvalue weighted by Crippen LogP contribution is -2.30. The molecule has 0 fully saturated rings. The quantitative estimate of drug-likeness (QED) is 0.0197. The summed E-state index contributed by atoms with van der Waals surface area (Å²) in [6, 6.07) is 0. The van der Waals surface area contributed by atoms with E-state index in [0.717, 1.165) is 96.3 Å². The fourth-order valence-electron chi connectivity index (χ4n) is 7.58. The third-order valence-corrected chi connectivity index (χ3v) is 12.8. The van der Waals surface area contributed by atoms with Gasteiger partial charge in [-0.05, 0) is 96.3 Å². The molecule has 0 aromatic heterocycles. The first-order valence-electron chi connectivity index (χ1n) is 28.2. The smallest absolute Gasteiger partial charge is 0.462 e. The maximum Gasteiger partial charge on any atom is 0.472 e. The Balaban J connectivity index is 4.71. The van der Waals surface area contributed by atoms with Gasteiger partial charge in [-0.25, -0.2) is 4.57 Å². The van der Waals surface area contributed by atoms with Gasteiger partial charge >= 0.3 is 25.7 Å². The van der Waals surface area contributed by atoms with E-state index in [0.29, 0.717) is 19.3 Å². The monoisotopic (exact) mass is 1010 g/mol. The first-order valence-corrected chi connectivity index (χ1v) is 29.7. The third kappa shape index (κ3) is 50.1. The Morgan fingerprint density at radius 3 is 1.21 bits per heavy atom. The zero-order valence-electron chi connectivity index (χ0n) is 44.7. The van der Waals surface area contributed by atoms with E-state index >= 15 is 0 Å². The maximum atomic E-state index is 12.9. The fourth-order valence-corrected chi connectivity index (χ4v) is 8.37. The Morgan fingerprint density at radius 2 is 0.757 bits per heavy atom. The highest BCUT2D eigenvalue weighted by Crippen LogP contribution is 2.43. The molecule has 0 aliphatic carbocycles. The number of phosphoric ester groups is 1. The van der Waals surface area contributed by atoms with Gasteiger partial charge in [-0.1, -0.05) is 197 Å².